The van der Waals surface area contributed by atoms with Crippen LogP contribution in [-0.4, -0.2) is 55.7 Å². The van der Waals surface area contributed by atoms with Crippen molar-refractivity contribution in [2.75, 3.05) is 24.7 Å². The Morgan fingerprint density at radius 2 is 2.13 bits per heavy atom. The highest BCUT2D eigenvalue weighted by molar-refractivity contribution is 7.90. The van der Waals surface area contributed by atoms with Crippen LogP contribution in [0.2, 0.25) is 5.02 Å². The lowest BCUT2D eigenvalue weighted by molar-refractivity contribution is -0.142. The van der Waals surface area contributed by atoms with Crippen LogP contribution in [0.3, 0.4) is 0 Å². The molecule has 0 aliphatic carbocycles. The Kier molecular flexibility index (Phi) is 5.28. The number of likely N-dealkylation sites (tertiary alicyclic amines) is 1. The molecule has 1 aromatic carbocycles. The van der Waals surface area contributed by atoms with Crippen molar-refractivity contribution in [3.63, 3.8) is 0 Å². The maximum absolute atomic E-state index is 12.1. The number of sulfone groups is 1. The Balaban J connectivity index is 2.10. The second-order valence-corrected chi connectivity index (χ2v) is 7.85. The Labute approximate surface area is 139 Å². The standard InChI is InChI=1S/C14H17ClN2O5S/c1-23(21,22)9-4-5-10(15)11(7-9)16-13(18)8-17-6-2-3-12(17)14(19)20/h4-5,7,12H,2-3,6,8H2,1H3,(H,16,18)(H,19,20)/t12-/m0/s1. The summed E-state index contributed by atoms with van der Waals surface area (Å²) in [6.07, 6.45) is 2.28. The van der Waals surface area contributed by atoms with E-state index in [2.05, 4.69) is 5.32 Å². The Morgan fingerprint density at radius 1 is 1.43 bits per heavy atom. The maximum atomic E-state index is 12.1. The Morgan fingerprint density at radius 3 is 2.74 bits per heavy atom. The average molecular weight is 361 g/mol. The van der Waals surface area contributed by atoms with Gasteiger partial charge in [0.2, 0.25) is 5.91 Å². The van der Waals surface area contributed by atoms with E-state index < -0.39 is 27.8 Å². The van der Waals surface area contributed by atoms with Crippen LogP contribution in [0.25, 0.3) is 0 Å². The number of benzene rings is 1. The van der Waals surface area contributed by atoms with E-state index in [9.17, 15) is 18.0 Å². The van der Waals surface area contributed by atoms with Crippen molar-refractivity contribution in [3.05, 3.63) is 23.2 Å². The summed E-state index contributed by atoms with van der Waals surface area (Å²) in [6, 6.07) is 3.37. The number of aliphatic carboxylic acids is 1. The molecule has 1 fully saturated rings. The number of carbonyl (C=O) groups is 2. The highest BCUT2D eigenvalue weighted by Crippen LogP contribution is 2.25. The molecule has 23 heavy (non-hydrogen) atoms. The minimum Gasteiger partial charge on any atom is -0.480 e. The van der Waals surface area contributed by atoms with Gasteiger partial charge in [-0.15, -0.1) is 0 Å². The van der Waals surface area contributed by atoms with Gasteiger partial charge >= 0.3 is 5.97 Å². The minimum absolute atomic E-state index is 0.0433. The van der Waals surface area contributed by atoms with Gasteiger partial charge in [0.1, 0.15) is 6.04 Å². The first kappa shape index (κ1) is 17.7. The SMILES string of the molecule is CS(=O)(=O)c1ccc(Cl)c(NC(=O)CN2CCC[C@H]2C(=O)O)c1. The van der Waals surface area contributed by atoms with E-state index in [4.69, 9.17) is 16.7 Å². The third kappa shape index (κ3) is 4.43. The van der Waals surface area contributed by atoms with Crippen LogP contribution in [0.1, 0.15) is 12.8 Å². The van der Waals surface area contributed by atoms with Crippen LogP contribution in [0.15, 0.2) is 23.1 Å². The molecule has 1 aromatic rings. The van der Waals surface area contributed by atoms with Crippen molar-refractivity contribution in [2.45, 2.75) is 23.8 Å². The summed E-state index contributed by atoms with van der Waals surface area (Å²) >= 11 is 5.97. The topological polar surface area (TPSA) is 104 Å². The average Bonchev–Trinajstić information content (AvgIpc) is 2.88. The molecule has 1 heterocycles. The molecule has 0 saturated carbocycles. The van der Waals surface area contributed by atoms with Crippen molar-refractivity contribution in [1.29, 1.82) is 0 Å². The molecule has 2 rings (SSSR count). The summed E-state index contributed by atoms with van der Waals surface area (Å²) in [6.45, 7) is 0.442. The van der Waals surface area contributed by atoms with Gasteiger partial charge in [-0.1, -0.05) is 11.6 Å². The molecule has 0 radical (unpaired) electrons. The molecule has 1 aliphatic rings. The quantitative estimate of drug-likeness (QED) is 0.818. The highest BCUT2D eigenvalue weighted by atomic mass is 35.5. The third-order valence-electron chi connectivity index (χ3n) is 3.64. The lowest BCUT2D eigenvalue weighted by Gasteiger charge is -2.20. The number of carbonyl (C=O) groups excluding carboxylic acids is 1. The van der Waals surface area contributed by atoms with Crippen LogP contribution in [0, 0.1) is 0 Å². The fourth-order valence-corrected chi connectivity index (χ4v) is 3.31. The number of nitrogens with zero attached hydrogens (tertiary/aromatic N) is 1. The van der Waals surface area contributed by atoms with Crippen molar-refractivity contribution in [2.24, 2.45) is 0 Å². The van der Waals surface area contributed by atoms with Gasteiger partial charge in [0.05, 0.1) is 22.2 Å². The first-order valence-corrected chi connectivity index (χ1v) is 9.22. The summed E-state index contributed by atoms with van der Waals surface area (Å²) < 4.78 is 23.1. The molecule has 1 amide bonds. The number of rotatable bonds is 5. The fraction of sp³-hybridized carbons (Fsp3) is 0.429. The molecular weight excluding hydrogens is 344 g/mol. The summed E-state index contributed by atoms with van der Waals surface area (Å²) in [5.74, 6) is -1.39. The molecule has 0 unspecified atom stereocenters. The van der Waals surface area contributed by atoms with E-state index in [0.29, 0.717) is 19.4 Å². The zero-order valence-corrected chi connectivity index (χ0v) is 14.0. The number of hydrogen-bond acceptors (Lipinski definition) is 5. The first-order chi connectivity index (χ1) is 10.7. The largest absolute Gasteiger partial charge is 0.480 e. The maximum Gasteiger partial charge on any atom is 0.320 e. The van der Waals surface area contributed by atoms with Gasteiger partial charge in [-0.05, 0) is 37.6 Å². The van der Waals surface area contributed by atoms with Gasteiger partial charge in [0.25, 0.3) is 0 Å². The van der Waals surface area contributed by atoms with E-state index in [1.54, 1.807) is 4.90 Å². The zero-order valence-electron chi connectivity index (χ0n) is 12.5. The molecular formula is C14H17ClN2O5S. The van der Waals surface area contributed by atoms with Gasteiger partial charge in [-0.3, -0.25) is 14.5 Å². The minimum atomic E-state index is -3.42. The normalized spacial score (nSPS) is 18.8. The van der Waals surface area contributed by atoms with Crippen LogP contribution in [0.5, 0.6) is 0 Å². The van der Waals surface area contributed by atoms with Gasteiger partial charge in [0, 0.05) is 6.26 Å². The molecule has 1 aliphatic heterocycles. The molecule has 0 aromatic heterocycles. The van der Waals surface area contributed by atoms with E-state index in [-0.39, 0.29) is 22.2 Å². The number of carboxylic acid groups (broad SMARTS) is 1. The summed E-state index contributed by atoms with van der Waals surface area (Å²) in [5, 5.41) is 11.8. The third-order valence-corrected chi connectivity index (χ3v) is 5.08. The van der Waals surface area contributed by atoms with Gasteiger partial charge in [-0.25, -0.2) is 8.42 Å². The van der Waals surface area contributed by atoms with Crippen LogP contribution >= 0.6 is 11.6 Å². The molecule has 0 spiro atoms. The van der Waals surface area contributed by atoms with E-state index in [0.717, 1.165) is 6.26 Å². The molecule has 2 N–H and O–H groups in total. The lowest BCUT2D eigenvalue weighted by Crippen LogP contribution is -2.40. The number of hydrogen-bond donors (Lipinski definition) is 2. The summed E-state index contributed by atoms with van der Waals surface area (Å²) in [7, 11) is -3.42. The van der Waals surface area contributed by atoms with Crippen molar-refractivity contribution >= 4 is 39.0 Å². The summed E-state index contributed by atoms with van der Waals surface area (Å²) in [5.41, 5.74) is 0.186. The molecule has 126 valence electrons. The van der Waals surface area contributed by atoms with E-state index in [1.165, 1.54) is 18.2 Å². The van der Waals surface area contributed by atoms with Crippen LogP contribution < -0.4 is 5.32 Å². The monoisotopic (exact) mass is 360 g/mol. The van der Waals surface area contributed by atoms with Crippen LogP contribution in [-0.2, 0) is 19.4 Å². The number of nitrogens with one attached hydrogen (secondary N) is 1. The van der Waals surface area contributed by atoms with E-state index >= 15 is 0 Å². The Bertz CT molecular complexity index is 735. The van der Waals surface area contributed by atoms with Gasteiger partial charge in [-0.2, -0.15) is 0 Å². The van der Waals surface area contributed by atoms with Crippen molar-refractivity contribution in [3.8, 4) is 0 Å². The first-order valence-electron chi connectivity index (χ1n) is 6.95. The van der Waals surface area contributed by atoms with Gasteiger partial charge < -0.3 is 10.4 Å². The highest BCUT2D eigenvalue weighted by Gasteiger charge is 2.31. The molecule has 1 saturated heterocycles. The molecule has 7 nitrogen and oxygen atoms in total. The second-order valence-electron chi connectivity index (χ2n) is 5.43. The lowest BCUT2D eigenvalue weighted by atomic mass is 10.2. The molecule has 9 heteroatoms. The zero-order chi connectivity index (χ0) is 17.2. The number of anilines is 1. The molecule has 0 bridgehead atoms. The van der Waals surface area contributed by atoms with Crippen molar-refractivity contribution < 1.29 is 23.1 Å². The Hall–Kier alpha value is -1.64. The smallest absolute Gasteiger partial charge is 0.320 e. The number of halogens is 1. The summed E-state index contributed by atoms with van der Waals surface area (Å²) in [4.78, 5) is 24.8. The van der Waals surface area contributed by atoms with Crippen LogP contribution in [0.4, 0.5) is 5.69 Å². The van der Waals surface area contributed by atoms with Crippen molar-refractivity contribution in [1.82, 2.24) is 4.90 Å². The number of amides is 1. The van der Waals surface area contributed by atoms with Gasteiger partial charge in [0.15, 0.2) is 9.84 Å². The second kappa shape index (κ2) is 6.86. The fourth-order valence-electron chi connectivity index (χ4n) is 2.50. The predicted molar refractivity (Wildman–Crippen MR) is 85.4 cm³/mol. The molecule has 1 atom stereocenters. The van der Waals surface area contributed by atoms with E-state index in [1.807, 2.05) is 0 Å². The predicted octanol–water partition coefficient (Wildman–Crippen LogP) is 1.23. The number of carboxylic acids is 1.